The molecule has 6 heteroatoms. The van der Waals surface area contributed by atoms with E-state index in [1.165, 1.54) is 0 Å². The van der Waals surface area contributed by atoms with Gasteiger partial charge in [0.25, 0.3) is 0 Å². The van der Waals surface area contributed by atoms with Gasteiger partial charge in [0, 0.05) is 5.75 Å². The smallest absolute Gasteiger partial charge is 0.321 e. The standard InChI is InChI=1S/C11H12BrNO3S/c1-16-9-3-2-6(4-7(9)12)10-13-8(5-17-10)11(14)15/h2-4,8,10,13H,5H2,1H3,(H,14,15)/t8-,10-/m0/s1. The second-order valence-electron chi connectivity index (χ2n) is 3.66. The number of carboxylic acids is 1. The topological polar surface area (TPSA) is 58.6 Å². The highest BCUT2D eigenvalue weighted by atomic mass is 79.9. The maximum absolute atomic E-state index is 10.8. The fraction of sp³-hybridized carbons (Fsp3) is 0.364. The predicted octanol–water partition coefficient (Wildman–Crippen LogP) is 2.25. The van der Waals surface area contributed by atoms with E-state index in [-0.39, 0.29) is 5.37 Å². The molecule has 0 radical (unpaired) electrons. The Hall–Kier alpha value is -0.720. The van der Waals surface area contributed by atoms with Crippen molar-refractivity contribution in [3.63, 3.8) is 0 Å². The zero-order valence-electron chi connectivity index (χ0n) is 9.14. The summed E-state index contributed by atoms with van der Waals surface area (Å²) < 4.78 is 6.03. The number of hydrogen-bond acceptors (Lipinski definition) is 4. The number of carboxylic acid groups (broad SMARTS) is 1. The number of ether oxygens (including phenoxy) is 1. The van der Waals surface area contributed by atoms with Crippen molar-refractivity contribution in [3.8, 4) is 5.75 Å². The van der Waals surface area contributed by atoms with Gasteiger partial charge in [-0.15, -0.1) is 11.8 Å². The molecule has 1 aliphatic rings. The Labute approximate surface area is 112 Å². The number of methoxy groups -OCH3 is 1. The summed E-state index contributed by atoms with van der Waals surface area (Å²) in [5.41, 5.74) is 1.05. The first-order chi connectivity index (χ1) is 8.11. The molecular formula is C11H12BrNO3S. The molecule has 0 bridgehead atoms. The van der Waals surface area contributed by atoms with Crippen LogP contribution in [0, 0.1) is 0 Å². The third-order valence-corrected chi connectivity index (χ3v) is 4.45. The molecule has 1 aromatic rings. The molecule has 1 heterocycles. The van der Waals surface area contributed by atoms with Crippen LogP contribution in [-0.2, 0) is 4.79 Å². The van der Waals surface area contributed by atoms with Gasteiger partial charge in [0.2, 0.25) is 0 Å². The molecule has 1 aliphatic heterocycles. The average molecular weight is 318 g/mol. The number of halogens is 1. The Kier molecular flexibility index (Phi) is 3.96. The lowest BCUT2D eigenvalue weighted by Gasteiger charge is -2.13. The fourth-order valence-electron chi connectivity index (χ4n) is 1.65. The van der Waals surface area contributed by atoms with Crippen LogP contribution in [0.4, 0.5) is 0 Å². The van der Waals surface area contributed by atoms with E-state index in [2.05, 4.69) is 21.2 Å². The number of hydrogen-bond donors (Lipinski definition) is 2. The Morgan fingerprint density at radius 2 is 2.41 bits per heavy atom. The van der Waals surface area contributed by atoms with E-state index in [0.29, 0.717) is 5.75 Å². The number of benzene rings is 1. The third kappa shape index (κ3) is 2.75. The molecule has 2 rings (SSSR count). The van der Waals surface area contributed by atoms with E-state index in [0.717, 1.165) is 15.8 Å². The summed E-state index contributed by atoms with van der Waals surface area (Å²) in [6, 6.07) is 5.30. The van der Waals surface area contributed by atoms with Gasteiger partial charge in [-0.05, 0) is 33.6 Å². The molecule has 0 spiro atoms. The van der Waals surface area contributed by atoms with E-state index in [1.54, 1.807) is 18.9 Å². The Bertz CT molecular complexity index is 441. The first-order valence-electron chi connectivity index (χ1n) is 5.05. The molecule has 2 atom stereocenters. The van der Waals surface area contributed by atoms with Gasteiger partial charge in [0.15, 0.2) is 0 Å². The maximum Gasteiger partial charge on any atom is 0.321 e. The molecule has 0 amide bonds. The highest BCUT2D eigenvalue weighted by molar-refractivity contribution is 9.10. The lowest BCUT2D eigenvalue weighted by atomic mass is 10.2. The second kappa shape index (κ2) is 5.29. The molecule has 0 aliphatic carbocycles. The van der Waals surface area contributed by atoms with Crippen LogP contribution >= 0.6 is 27.7 Å². The van der Waals surface area contributed by atoms with E-state index < -0.39 is 12.0 Å². The van der Waals surface area contributed by atoms with E-state index >= 15 is 0 Å². The zero-order valence-corrected chi connectivity index (χ0v) is 11.5. The van der Waals surface area contributed by atoms with Gasteiger partial charge < -0.3 is 9.84 Å². The van der Waals surface area contributed by atoms with Crippen LogP contribution in [0.25, 0.3) is 0 Å². The van der Waals surface area contributed by atoms with Crippen molar-refractivity contribution in [2.45, 2.75) is 11.4 Å². The van der Waals surface area contributed by atoms with Gasteiger partial charge >= 0.3 is 5.97 Å². The van der Waals surface area contributed by atoms with E-state index in [9.17, 15) is 4.79 Å². The molecule has 2 N–H and O–H groups in total. The summed E-state index contributed by atoms with van der Waals surface area (Å²) in [5, 5.41) is 12.0. The summed E-state index contributed by atoms with van der Waals surface area (Å²) in [7, 11) is 1.61. The van der Waals surface area contributed by atoms with Crippen LogP contribution in [0.3, 0.4) is 0 Å². The molecule has 0 saturated carbocycles. The number of rotatable bonds is 3. The van der Waals surface area contributed by atoms with Crippen LogP contribution < -0.4 is 10.1 Å². The minimum Gasteiger partial charge on any atom is -0.496 e. The Morgan fingerprint density at radius 3 is 2.94 bits per heavy atom. The van der Waals surface area contributed by atoms with Gasteiger partial charge in [-0.1, -0.05) is 6.07 Å². The molecule has 92 valence electrons. The molecule has 4 nitrogen and oxygen atoms in total. The highest BCUT2D eigenvalue weighted by Gasteiger charge is 2.30. The van der Waals surface area contributed by atoms with Crippen molar-refractivity contribution in [3.05, 3.63) is 28.2 Å². The van der Waals surface area contributed by atoms with Gasteiger partial charge in [-0.3, -0.25) is 10.1 Å². The molecule has 1 saturated heterocycles. The van der Waals surface area contributed by atoms with Crippen LogP contribution in [0.15, 0.2) is 22.7 Å². The summed E-state index contributed by atoms with van der Waals surface area (Å²) >= 11 is 5.02. The van der Waals surface area contributed by atoms with Crippen molar-refractivity contribution in [1.29, 1.82) is 0 Å². The van der Waals surface area contributed by atoms with Crippen molar-refractivity contribution < 1.29 is 14.6 Å². The SMILES string of the molecule is COc1ccc([C@H]2N[C@H](C(=O)O)CS2)cc1Br. The fourth-order valence-corrected chi connectivity index (χ4v) is 3.43. The minimum atomic E-state index is -0.799. The molecular weight excluding hydrogens is 306 g/mol. The van der Waals surface area contributed by atoms with Crippen LogP contribution in [0.1, 0.15) is 10.9 Å². The Balaban J connectivity index is 2.14. The Morgan fingerprint density at radius 1 is 1.65 bits per heavy atom. The summed E-state index contributed by atoms with van der Waals surface area (Å²) in [6.45, 7) is 0. The van der Waals surface area contributed by atoms with Gasteiger partial charge in [-0.25, -0.2) is 0 Å². The van der Waals surface area contributed by atoms with Crippen LogP contribution in [0.5, 0.6) is 5.75 Å². The summed E-state index contributed by atoms with van der Waals surface area (Å²) in [5.74, 6) is 0.558. The van der Waals surface area contributed by atoms with Crippen molar-refractivity contribution >= 4 is 33.7 Å². The maximum atomic E-state index is 10.8. The van der Waals surface area contributed by atoms with E-state index in [1.807, 2.05) is 18.2 Å². The molecule has 1 fully saturated rings. The van der Waals surface area contributed by atoms with Crippen molar-refractivity contribution in [2.24, 2.45) is 0 Å². The van der Waals surface area contributed by atoms with Crippen LogP contribution in [-0.4, -0.2) is 30.0 Å². The largest absolute Gasteiger partial charge is 0.496 e. The van der Waals surface area contributed by atoms with Gasteiger partial charge in [-0.2, -0.15) is 0 Å². The summed E-state index contributed by atoms with van der Waals surface area (Å²) in [6.07, 6.45) is 0. The quantitative estimate of drug-likeness (QED) is 0.895. The monoisotopic (exact) mass is 317 g/mol. The second-order valence-corrected chi connectivity index (χ2v) is 5.66. The average Bonchev–Trinajstić information content (AvgIpc) is 2.78. The van der Waals surface area contributed by atoms with Crippen molar-refractivity contribution in [2.75, 3.05) is 12.9 Å². The number of nitrogens with one attached hydrogen (secondary N) is 1. The first-order valence-corrected chi connectivity index (χ1v) is 6.90. The first kappa shape index (κ1) is 12.7. The normalized spacial score (nSPS) is 23.6. The summed E-state index contributed by atoms with van der Waals surface area (Å²) in [4.78, 5) is 10.8. The zero-order chi connectivity index (χ0) is 12.4. The molecule has 0 unspecified atom stereocenters. The van der Waals surface area contributed by atoms with Crippen molar-refractivity contribution in [1.82, 2.24) is 5.32 Å². The lowest BCUT2D eigenvalue weighted by molar-refractivity contribution is -0.138. The lowest BCUT2D eigenvalue weighted by Crippen LogP contribution is -2.33. The van der Waals surface area contributed by atoms with Crippen LogP contribution in [0.2, 0.25) is 0 Å². The van der Waals surface area contributed by atoms with Gasteiger partial charge in [0.1, 0.15) is 11.8 Å². The van der Waals surface area contributed by atoms with E-state index in [4.69, 9.17) is 9.84 Å². The number of aliphatic carboxylic acids is 1. The molecule has 0 aromatic heterocycles. The molecule has 17 heavy (non-hydrogen) atoms. The molecule has 1 aromatic carbocycles. The third-order valence-electron chi connectivity index (χ3n) is 2.56. The van der Waals surface area contributed by atoms with Gasteiger partial charge in [0.05, 0.1) is 17.0 Å². The predicted molar refractivity (Wildman–Crippen MR) is 70.5 cm³/mol. The minimum absolute atomic E-state index is 0.0262. The number of thioether (sulfide) groups is 1. The number of carbonyl (C=O) groups is 1. The highest BCUT2D eigenvalue weighted by Crippen LogP contribution is 2.36.